The number of thioether (sulfide) groups is 1. The zero-order chi connectivity index (χ0) is 20.4. The average molecular weight is 415 g/mol. The van der Waals surface area contributed by atoms with Gasteiger partial charge in [-0.2, -0.15) is 0 Å². The third-order valence-electron chi connectivity index (χ3n) is 5.54. The number of methoxy groups -OCH3 is 1. The molecule has 0 spiro atoms. The summed E-state index contributed by atoms with van der Waals surface area (Å²) in [7, 11) is 1.47. The van der Waals surface area contributed by atoms with Crippen molar-refractivity contribution in [1.82, 2.24) is 9.97 Å². The Labute approximate surface area is 172 Å². The fourth-order valence-electron chi connectivity index (χ4n) is 4.09. The Hall–Kier alpha value is -2.68. The molecule has 0 bridgehead atoms. The van der Waals surface area contributed by atoms with Gasteiger partial charge in [-0.15, -0.1) is 0 Å². The SMILES string of the molecule is COc1cnc(C(=O)Nc2ccc(F)c([C@]34CCCC[C@H]3CSC(N)=N4)c2)cn1. The van der Waals surface area contributed by atoms with Crippen LogP contribution in [0.25, 0.3) is 0 Å². The lowest BCUT2D eigenvalue weighted by Gasteiger charge is -2.44. The van der Waals surface area contributed by atoms with Crippen molar-refractivity contribution in [3.63, 3.8) is 0 Å². The summed E-state index contributed by atoms with van der Waals surface area (Å²) in [6, 6.07) is 4.58. The lowest BCUT2D eigenvalue weighted by molar-refractivity contribution is 0.102. The molecular formula is C20H22FN5O2S. The van der Waals surface area contributed by atoms with Crippen LogP contribution in [0.2, 0.25) is 0 Å². The molecule has 7 nitrogen and oxygen atoms in total. The number of rotatable bonds is 4. The molecule has 3 N–H and O–H groups in total. The summed E-state index contributed by atoms with van der Waals surface area (Å²) in [5.41, 5.74) is 6.47. The first-order valence-corrected chi connectivity index (χ1v) is 10.5. The molecule has 4 rings (SSSR count). The fraction of sp³-hybridized carbons (Fsp3) is 0.400. The number of amidine groups is 1. The number of ether oxygens (including phenoxy) is 1. The third kappa shape index (κ3) is 3.78. The molecule has 152 valence electrons. The van der Waals surface area contributed by atoms with E-state index in [-0.39, 0.29) is 17.4 Å². The fourth-order valence-corrected chi connectivity index (χ4v) is 5.14. The van der Waals surface area contributed by atoms with E-state index in [2.05, 4.69) is 15.3 Å². The topological polar surface area (TPSA) is 102 Å². The van der Waals surface area contributed by atoms with Gasteiger partial charge in [0.25, 0.3) is 5.91 Å². The molecule has 1 aliphatic carbocycles. The molecule has 1 aliphatic heterocycles. The molecule has 1 aromatic carbocycles. The van der Waals surface area contributed by atoms with E-state index in [0.29, 0.717) is 22.3 Å². The quantitative estimate of drug-likeness (QED) is 0.794. The number of carbonyl (C=O) groups is 1. The summed E-state index contributed by atoms with van der Waals surface area (Å²) in [6.45, 7) is 0. The second-order valence-corrected chi connectivity index (χ2v) is 8.26. The Morgan fingerprint density at radius 2 is 2.21 bits per heavy atom. The maximum absolute atomic E-state index is 14.9. The average Bonchev–Trinajstić information content (AvgIpc) is 2.74. The van der Waals surface area contributed by atoms with Crippen molar-refractivity contribution in [2.75, 3.05) is 18.2 Å². The second-order valence-electron chi connectivity index (χ2n) is 7.22. The van der Waals surface area contributed by atoms with Crippen LogP contribution >= 0.6 is 11.8 Å². The number of anilines is 1. The molecule has 29 heavy (non-hydrogen) atoms. The van der Waals surface area contributed by atoms with Crippen LogP contribution in [0.4, 0.5) is 10.1 Å². The number of aliphatic imine (C=N–C) groups is 1. The molecule has 1 fully saturated rings. The number of fused-ring (bicyclic) bond motifs is 1. The maximum Gasteiger partial charge on any atom is 0.275 e. The summed E-state index contributed by atoms with van der Waals surface area (Å²) in [5, 5.41) is 3.26. The summed E-state index contributed by atoms with van der Waals surface area (Å²) in [6.07, 6.45) is 6.51. The van der Waals surface area contributed by atoms with Crippen LogP contribution in [0.1, 0.15) is 41.7 Å². The number of nitrogens with one attached hydrogen (secondary N) is 1. The molecule has 1 saturated carbocycles. The lowest BCUT2D eigenvalue weighted by Crippen LogP contribution is -2.43. The number of amides is 1. The van der Waals surface area contributed by atoms with Crippen LogP contribution in [0.3, 0.4) is 0 Å². The van der Waals surface area contributed by atoms with Crippen molar-refractivity contribution in [3.8, 4) is 5.88 Å². The lowest BCUT2D eigenvalue weighted by atomic mass is 9.69. The van der Waals surface area contributed by atoms with E-state index in [1.807, 2.05) is 0 Å². The Morgan fingerprint density at radius 3 is 2.97 bits per heavy atom. The van der Waals surface area contributed by atoms with Crippen LogP contribution in [0.5, 0.6) is 5.88 Å². The van der Waals surface area contributed by atoms with Gasteiger partial charge in [-0.3, -0.25) is 9.79 Å². The number of carbonyl (C=O) groups excluding carboxylic acids is 1. The van der Waals surface area contributed by atoms with Crippen LogP contribution in [0, 0.1) is 11.7 Å². The molecule has 1 aromatic heterocycles. The second kappa shape index (κ2) is 7.98. The van der Waals surface area contributed by atoms with Crippen LogP contribution in [-0.4, -0.2) is 33.9 Å². The van der Waals surface area contributed by atoms with Crippen LogP contribution < -0.4 is 15.8 Å². The number of hydrogen-bond donors (Lipinski definition) is 2. The smallest absolute Gasteiger partial charge is 0.275 e. The van der Waals surface area contributed by atoms with Gasteiger partial charge in [0.1, 0.15) is 11.5 Å². The summed E-state index contributed by atoms with van der Waals surface area (Å²) >= 11 is 1.53. The normalized spacial score (nSPS) is 23.7. The predicted molar refractivity (Wildman–Crippen MR) is 111 cm³/mol. The molecule has 0 unspecified atom stereocenters. The van der Waals surface area contributed by atoms with Gasteiger partial charge in [-0.05, 0) is 37.0 Å². The first-order valence-electron chi connectivity index (χ1n) is 9.47. The minimum Gasteiger partial charge on any atom is -0.480 e. The molecule has 2 aliphatic rings. The number of nitrogens with zero attached hydrogens (tertiary/aromatic N) is 3. The standard InChI is InChI=1S/C20H22FN5O2S/c1-28-17-10-23-16(9-24-17)18(27)25-13-5-6-15(21)14(8-13)20-7-3-2-4-12(20)11-29-19(22)26-20/h5-6,8-10,12H,2-4,7,11H2,1H3,(H2,22,26)(H,25,27)/t12-,20-/m0/s1. The third-order valence-corrected chi connectivity index (χ3v) is 6.49. The van der Waals surface area contributed by atoms with E-state index in [1.165, 1.54) is 43.4 Å². The molecule has 0 radical (unpaired) electrons. The van der Waals surface area contributed by atoms with Gasteiger partial charge in [0.2, 0.25) is 5.88 Å². The molecule has 2 heterocycles. The summed E-state index contributed by atoms with van der Waals surface area (Å²) in [5.74, 6) is 0.604. The van der Waals surface area contributed by atoms with Gasteiger partial charge in [-0.25, -0.2) is 14.4 Å². The van der Waals surface area contributed by atoms with Gasteiger partial charge in [0.15, 0.2) is 5.17 Å². The number of nitrogens with two attached hydrogens (primary N) is 1. The van der Waals surface area contributed by atoms with Gasteiger partial charge in [0.05, 0.1) is 25.0 Å². The highest BCUT2D eigenvalue weighted by Gasteiger charge is 2.46. The minimum atomic E-state index is -0.668. The summed E-state index contributed by atoms with van der Waals surface area (Å²) in [4.78, 5) is 25.3. The van der Waals surface area contributed by atoms with Crippen LogP contribution in [-0.2, 0) is 5.54 Å². The van der Waals surface area contributed by atoms with Gasteiger partial charge in [0, 0.05) is 17.0 Å². The monoisotopic (exact) mass is 415 g/mol. The van der Waals surface area contributed by atoms with E-state index in [1.54, 1.807) is 6.07 Å². The highest BCUT2D eigenvalue weighted by Crippen LogP contribution is 2.50. The van der Waals surface area contributed by atoms with Crippen molar-refractivity contribution >= 4 is 28.5 Å². The number of hydrogen-bond acceptors (Lipinski definition) is 7. The Balaban J connectivity index is 1.65. The maximum atomic E-state index is 14.9. The van der Waals surface area contributed by atoms with Crippen LogP contribution in [0.15, 0.2) is 35.6 Å². The molecule has 9 heteroatoms. The van der Waals surface area contributed by atoms with E-state index in [0.717, 1.165) is 31.4 Å². The predicted octanol–water partition coefficient (Wildman–Crippen LogP) is 3.32. The van der Waals surface area contributed by atoms with Gasteiger partial charge >= 0.3 is 0 Å². The molecule has 2 aromatic rings. The van der Waals surface area contributed by atoms with E-state index >= 15 is 0 Å². The molecule has 0 saturated heterocycles. The van der Waals surface area contributed by atoms with Gasteiger partial charge in [-0.1, -0.05) is 24.6 Å². The number of halogens is 1. The zero-order valence-corrected chi connectivity index (χ0v) is 16.8. The van der Waals surface area contributed by atoms with E-state index in [4.69, 9.17) is 15.5 Å². The van der Waals surface area contributed by atoms with E-state index < -0.39 is 11.4 Å². The van der Waals surface area contributed by atoms with E-state index in [9.17, 15) is 9.18 Å². The highest BCUT2D eigenvalue weighted by atomic mass is 32.2. The van der Waals surface area contributed by atoms with Crippen molar-refractivity contribution < 1.29 is 13.9 Å². The molecule has 2 atom stereocenters. The Kier molecular flexibility index (Phi) is 5.40. The molecule has 1 amide bonds. The zero-order valence-electron chi connectivity index (χ0n) is 16.0. The van der Waals surface area contributed by atoms with Gasteiger partial charge < -0.3 is 15.8 Å². The van der Waals surface area contributed by atoms with Crippen molar-refractivity contribution in [2.45, 2.75) is 31.2 Å². The van der Waals surface area contributed by atoms with Crippen molar-refractivity contribution in [1.29, 1.82) is 0 Å². The Bertz CT molecular complexity index is 952. The molecular weight excluding hydrogens is 393 g/mol. The largest absolute Gasteiger partial charge is 0.480 e. The highest BCUT2D eigenvalue weighted by molar-refractivity contribution is 8.13. The Morgan fingerprint density at radius 1 is 1.34 bits per heavy atom. The number of benzene rings is 1. The first kappa shape index (κ1) is 19.6. The summed E-state index contributed by atoms with van der Waals surface area (Å²) < 4.78 is 19.9. The number of aromatic nitrogens is 2. The van der Waals surface area contributed by atoms with Crippen molar-refractivity contribution in [2.24, 2.45) is 16.6 Å². The first-order chi connectivity index (χ1) is 14.0. The van der Waals surface area contributed by atoms with Crippen molar-refractivity contribution in [3.05, 3.63) is 47.7 Å². The minimum absolute atomic E-state index is 0.140.